The molecule has 1 aromatic carbocycles. The lowest BCUT2D eigenvalue weighted by atomic mass is 10.2. The number of ether oxygens (including phenoxy) is 1. The average Bonchev–Trinajstić information content (AvgIpc) is 2.99. The molecule has 0 fully saturated rings. The summed E-state index contributed by atoms with van der Waals surface area (Å²) in [6.07, 6.45) is 0. The molecule has 1 heterocycles. The lowest BCUT2D eigenvalue weighted by molar-refractivity contribution is -0.123. The summed E-state index contributed by atoms with van der Waals surface area (Å²) in [5.74, 6) is -1.82. The van der Waals surface area contributed by atoms with Crippen LogP contribution in [-0.2, 0) is 9.53 Å². The van der Waals surface area contributed by atoms with E-state index in [1.165, 1.54) is 11.3 Å². The lowest BCUT2D eigenvalue weighted by Crippen LogP contribution is -2.33. The molecule has 1 aromatic heterocycles. The Hall–Kier alpha value is -1.99. The number of hydrogen-bond donors (Lipinski definition) is 1. The number of rotatable bonds is 4. The molecule has 0 saturated carbocycles. The summed E-state index contributed by atoms with van der Waals surface area (Å²) in [5, 5.41) is 3.88. The van der Waals surface area contributed by atoms with Crippen molar-refractivity contribution < 1.29 is 19.1 Å². The maximum atomic E-state index is 11.8. The highest BCUT2D eigenvalue weighted by atomic mass is 79.9. The first-order valence-electron chi connectivity index (χ1n) is 5.87. The van der Waals surface area contributed by atoms with E-state index in [2.05, 4.69) is 21.2 Å². The predicted molar refractivity (Wildman–Crippen MR) is 81.2 cm³/mol. The maximum absolute atomic E-state index is 11.8. The van der Waals surface area contributed by atoms with E-state index in [1.54, 1.807) is 41.8 Å². The molecule has 0 bridgehead atoms. The first-order chi connectivity index (χ1) is 10.1. The van der Waals surface area contributed by atoms with Crippen LogP contribution in [0.5, 0.6) is 0 Å². The van der Waals surface area contributed by atoms with Gasteiger partial charge in [0.1, 0.15) is 0 Å². The number of hydrogen-bond acceptors (Lipinski definition) is 5. The molecule has 0 radical (unpaired) electrons. The van der Waals surface area contributed by atoms with Crippen LogP contribution in [0, 0.1) is 0 Å². The lowest BCUT2D eigenvalue weighted by Gasteiger charge is -2.06. The zero-order valence-electron chi connectivity index (χ0n) is 10.7. The number of amides is 2. The zero-order chi connectivity index (χ0) is 15.2. The van der Waals surface area contributed by atoms with Gasteiger partial charge in [0.2, 0.25) is 0 Å². The number of carbonyl (C=O) groups excluding carboxylic acids is 3. The predicted octanol–water partition coefficient (Wildman–Crippen LogP) is 2.62. The summed E-state index contributed by atoms with van der Waals surface area (Å²) < 4.78 is 5.43. The summed E-state index contributed by atoms with van der Waals surface area (Å²) in [4.78, 5) is 35.4. The second-order valence-corrected chi connectivity index (χ2v) is 5.71. The summed E-state index contributed by atoms with van der Waals surface area (Å²) in [5.41, 5.74) is 0.315. The number of halogens is 1. The molecule has 0 aliphatic carbocycles. The topological polar surface area (TPSA) is 72.5 Å². The number of benzene rings is 1. The summed E-state index contributed by atoms with van der Waals surface area (Å²) in [6, 6.07) is 10.0. The molecule has 2 rings (SSSR count). The van der Waals surface area contributed by atoms with Gasteiger partial charge in [-0.05, 0) is 39.5 Å². The quantitative estimate of drug-likeness (QED) is 0.843. The Morgan fingerprint density at radius 1 is 1.14 bits per heavy atom. The highest BCUT2D eigenvalue weighted by molar-refractivity contribution is 9.10. The molecule has 5 nitrogen and oxygen atoms in total. The van der Waals surface area contributed by atoms with Gasteiger partial charge in [0.15, 0.2) is 6.61 Å². The van der Waals surface area contributed by atoms with Crippen LogP contribution in [0.3, 0.4) is 0 Å². The fourth-order valence-electron chi connectivity index (χ4n) is 1.47. The summed E-state index contributed by atoms with van der Waals surface area (Å²) in [7, 11) is 0. The fourth-order valence-corrected chi connectivity index (χ4v) is 2.53. The van der Waals surface area contributed by atoms with Crippen LogP contribution >= 0.6 is 27.3 Å². The van der Waals surface area contributed by atoms with E-state index in [4.69, 9.17) is 4.74 Å². The maximum Gasteiger partial charge on any atom is 0.339 e. The Kier molecular flexibility index (Phi) is 5.24. The van der Waals surface area contributed by atoms with Crippen molar-refractivity contribution in [1.82, 2.24) is 5.32 Å². The molecule has 0 saturated heterocycles. The van der Waals surface area contributed by atoms with Gasteiger partial charge in [-0.25, -0.2) is 4.79 Å². The molecule has 0 aliphatic rings. The molecule has 7 heteroatoms. The second-order valence-electron chi connectivity index (χ2n) is 3.91. The van der Waals surface area contributed by atoms with Crippen LogP contribution in [0.1, 0.15) is 20.0 Å². The molecular formula is C14H10BrNO4S. The second kappa shape index (κ2) is 7.14. The van der Waals surface area contributed by atoms with Crippen molar-refractivity contribution in [2.75, 3.05) is 6.61 Å². The van der Waals surface area contributed by atoms with Crippen LogP contribution in [0.4, 0.5) is 0 Å². The van der Waals surface area contributed by atoms with E-state index in [9.17, 15) is 14.4 Å². The van der Waals surface area contributed by atoms with E-state index in [1.807, 2.05) is 0 Å². The summed E-state index contributed by atoms with van der Waals surface area (Å²) >= 11 is 4.43. The van der Waals surface area contributed by atoms with Gasteiger partial charge in [-0.3, -0.25) is 14.9 Å². The molecule has 2 aromatic rings. The third-order valence-corrected chi connectivity index (χ3v) is 3.99. The van der Waals surface area contributed by atoms with Crippen molar-refractivity contribution >= 4 is 45.1 Å². The molecule has 0 unspecified atom stereocenters. The molecule has 1 N–H and O–H groups in total. The van der Waals surface area contributed by atoms with Crippen LogP contribution < -0.4 is 5.32 Å². The first-order valence-corrected chi connectivity index (χ1v) is 7.54. The Labute approximate surface area is 133 Å². The van der Waals surface area contributed by atoms with Gasteiger partial charge < -0.3 is 4.74 Å². The number of imide groups is 1. The van der Waals surface area contributed by atoms with Gasteiger partial charge >= 0.3 is 5.97 Å². The third-order valence-electron chi connectivity index (χ3n) is 2.43. The SMILES string of the molecule is O=C(COC(=O)c1ccccc1Br)NC(=O)c1cccs1. The van der Waals surface area contributed by atoms with Crippen molar-refractivity contribution in [2.45, 2.75) is 0 Å². The third kappa shape index (κ3) is 4.24. The van der Waals surface area contributed by atoms with Crippen molar-refractivity contribution in [3.63, 3.8) is 0 Å². The highest BCUT2D eigenvalue weighted by Crippen LogP contribution is 2.16. The minimum Gasteiger partial charge on any atom is -0.452 e. The van der Waals surface area contributed by atoms with Crippen molar-refractivity contribution in [2.24, 2.45) is 0 Å². The molecule has 0 atom stereocenters. The Balaban J connectivity index is 1.86. The van der Waals surface area contributed by atoms with E-state index in [-0.39, 0.29) is 0 Å². The van der Waals surface area contributed by atoms with Crippen LogP contribution in [0.15, 0.2) is 46.3 Å². The molecule has 0 spiro atoms. The van der Waals surface area contributed by atoms with Crippen molar-refractivity contribution in [1.29, 1.82) is 0 Å². The number of nitrogens with one attached hydrogen (secondary N) is 1. The molecule has 21 heavy (non-hydrogen) atoms. The van der Waals surface area contributed by atoms with E-state index in [0.29, 0.717) is 14.9 Å². The average molecular weight is 368 g/mol. The standard InChI is InChI=1S/C14H10BrNO4S/c15-10-5-2-1-4-9(10)14(19)20-8-12(17)16-13(18)11-6-3-7-21-11/h1-7H,8H2,(H,16,17,18). The van der Waals surface area contributed by atoms with E-state index >= 15 is 0 Å². The van der Waals surface area contributed by atoms with Gasteiger partial charge in [0.05, 0.1) is 10.4 Å². The first kappa shape index (κ1) is 15.4. The Bertz CT molecular complexity index is 669. The van der Waals surface area contributed by atoms with Crippen molar-refractivity contribution in [3.8, 4) is 0 Å². The molecular weight excluding hydrogens is 358 g/mol. The van der Waals surface area contributed by atoms with Gasteiger partial charge in [-0.2, -0.15) is 0 Å². The Morgan fingerprint density at radius 3 is 2.57 bits per heavy atom. The van der Waals surface area contributed by atoms with Crippen LogP contribution in [-0.4, -0.2) is 24.4 Å². The van der Waals surface area contributed by atoms with E-state index in [0.717, 1.165) is 0 Å². The Morgan fingerprint density at radius 2 is 1.90 bits per heavy atom. The molecule has 2 amide bonds. The fraction of sp³-hybridized carbons (Fsp3) is 0.0714. The smallest absolute Gasteiger partial charge is 0.339 e. The normalized spacial score (nSPS) is 9.95. The monoisotopic (exact) mass is 367 g/mol. The van der Waals surface area contributed by atoms with Gasteiger partial charge in [0, 0.05) is 4.47 Å². The van der Waals surface area contributed by atoms with Crippen LogP contribution in [0.25, 0.3) is 0 Å². The van der Waals surface area contributed by atoms with Crippen molar-refractivity contribution in [3.05, 3.63) is 56.7 Å². The van der Waals surface area contributed by atoms with Gasteiger partial charge in [-0.15, -0.1) is 11.3 Å². The minimum atomic E-state index is -0.672. The number of carbonyl (C=O) groups is 3. The summed E-state index contributed by atoms with van der Waals surface area (Å²) in [6.45, 7) is -0.517. The number of esters is 1. The number of thiophene rings is 1. The van der Waals surface area contributed by atoms with Gasteiger partial charge in [-0.1, -0.05) is 18.2 Å². The highest BCUT2D eigenvalue weighted by Gasteiger charge is 2.15. The largest absolute Gasteiger partial charge is 0.452 e. The molecule has 108 valence electrons. The minimum absolute atomic E-state index is 0.315. The van der Waals surface area contributed by atoms with E-state index < -0.39 is 24.4 Å². The zero-order valence-corrected chi connectivity index (χ0v) is 13.1. The molecule has 0 aliphatic heterocycles. The van der Waals surface area contributed by atoms with Crippen LogP contribution in [0.2, 0.25) is 0 Å². The van der Waals surface area contributed by atoms with Gasteiger partial charge in [0.25, 0.3) is 11.8 Å².